The van der Waals surface area contributed by atoms with E-state index in [4.69, 9.17) is 9.47 Å². The van der Waals surface area contributed by atoms with E-state index in [1.165, 1.54) is 17.6 Å². The molecule has 0 fully saturated rings. The van der Waals surface area contributed by atoms with E-state index in [0.717, 1.165) is 29.9 Å². The number of ether oxygens (including phenoxy) is 2. The Bertz CT molecular complexity index is 829. The third-order valence-electron chi connectivity index (χ3n) is 4.40. The van der Waals surface area contributed by atoms with Crippen LogP contribution in [-0.2, 0) is 0 Å². The fourth-order valence-corrected chi connectivity index (χ4v) is 3.07. The van der Waals surface area contributed by atoms with Gasteiger partial charge in [0, 0.05) is 5.56 Å². The lowest BCUT2D eigenvalue weighted by atomic mass is 10.0. The van der Waals surface area contributed by atoms with Gasteiger partial charge in [0.15, 0.2) is 17.3 Å². The summed E-state index contributed by atoms with van der Waals surface area (Å²) in [5, 5.41) is 0. The Kier molecular flexibility index (Phi) is 3.91. The van der Waals surface area contributed by atoms with Gasteiger partial charge in [0.1, 0.15) is 0 Å². The monoisotopic (exact) mass is 318 g/mol. The van der Waals surface area contributed by atoms with Crippen molar-refractivity contribution >= 4 is 17.4 Å². The van der Waals surface area contributed by atoms with Crippen molar-refractivity contribution in [2.24, 2.45) is 0 Å². The molecule has 4 rings (SSSR count). The SMILES string of the molecule is O=C(/C=C/c1ccc2c(c1)OCO2)c1ccc(C2=CCCC2)cc1. The molecule has 1 aliphatic heterocycles. The molecule has 0 spiro atoms. The lowest BCUT2D eigenvalue weighted by Crippen LogP contribution is -1.94. The third-order valence-corrected chi connectivity index (χ3v) is 4.40. The predicted molar refractivity (Wildman–Crippen MR) is 94.2 cm³/mol. The van der Waals surface area contributed by atoms with E-state index in [9.17, 15) is 4.79 Å². The van der Waals surface area contributed by atoms with Crippen LogP contribution < -0.4 is 9.47 Å². The van der Waals surface area contributed by atoms with E-state index in [1.807, 2.05) is 42.5 Å². The Hall–Kier alpha value is -2.81. The molecule has 2 aromatic carbocycles. The Morgan fingerprint density at radius 3 is 2.62 bits per heavy atom. The molecule has 0 saturated carbocycles. The van der Waals surface area contributed by atoms with Crippen LogP contribution in [0.15, 0.2) is 54.6 Å². The maximum atomic E-state index is 12.3. The summed E-state index contributed by atoms with van der Waals surface area (Å²) in [5.41, 5.74) is 4.24. The zero-order chi connectivity index (χ0) is 16.4. The molecule has 0 radical (unpaired) electrons. The van der Waals surface area contributed by atoms with Gasteiger partial charge in [0.05, 0.1) is 0 Å². The molecule has 2 aromatic rings. The summed E-state index contributed by atoms with van der Waals surface area (Å²) in [6, 6.07) is 13.5. The summed E-state index contributed by atoms with van der Waals surface area (Å²) in [7, 11) is 0. The number of fused-ring (bicyclic) bond motifs is 1. The summed E-state index contributed by atoms with van der Waals surface area (Å²) in [5.74, 6) is 1.47. The second-order valence-electron chi connectivity index (χ2n) is 6.01. The minimum absolute atomic E-state index is 0.000353. The molecule has 0 N–H and O–H groups in total. The van der Waals surface area contributed by atoms with Crippen LogP contribution >= 0.6 is 0 Å². The molecule has 2 aliphatic rings. The molecule has 3 heteroatoms. The molecule has 1 heterocycles. The van der Waals surface area contributed by atoms with E-state index in [-0.39, 0.29) is 12.6 Å². The minimum atomic E-state index is -0.000353. The summed E-state index contributed by atoms with van der Waals surface area (Å²) < 4.78 is 10.6. The van der Waals surface area contributed by atoms with Crippen LogP contribution in [0.1, 0.15) is 40.7 Å². The molecule has 120 valence electrons. The first kappa shape index (κ1) is 14.8. The van der Waals surface area contributed by atoms with Gasteiger partial charge in [-0.25, -0.2) is 0 Å². The highest BCUT2D eigenvalue weighted by molar-refractivity contribution is 6.07. The van der Waals surface area contributed by atoms with Crippen LogP contribution in [0.4, 0.5) is 0 Å². The number of carbonyl (C=O) groups excluding carboxylic acids is 1. The Morgan fingerprint density at radius 2 is 1.83 bits per heavy atom. The van der Waals surface area contributed by atoms with Crippen molar-refractivity contribution in [3.05, 3.63) is 71.3 Å². The van der Waals surface area contributed by atoms with Crippen molar-refractivity contribution in [3.63, 3.8) is 0 Å². The highest BCUT2D eigenvalue weighted by atomic mass is 16.7. The average molecular weight is 318 g/mol. The van der Waals surface area contributed by atoms with Gasteiger partial charge in [0.25, 0.3) is 0 Å². The van der Waals surface area contributed by atoms with E-state index in [2.05, 4.69) is 6.08 Å². The second kappa shape index (κ2) is 6.36. The van der Waals surface area contributed by atoms with Crippen LogP contribution in [0.3, 0.4) is 0 Å². The number of rotatable bonds is 4. The standard InChI is InChI=1S/C21H18O3/c22-19(11-5-15-6-12-20-21(13-15)24-14-23-20)18-9-7-17(8-10-18)16-3-1-2-4-16/h3,5-13H,1-2,4,14H2/b11-5+. The van der Waals surface area contributed by atoms with Gasteiger partial charge >= 0.3 is 0 Å². The highest BCUT2D eigenvalue weighted by Crippen LogP contribution is 2.33. The van der Waals surface area contributed by atoms with Crippen LogP contribution in [0.2, 0.25) is 0 Å². The van der Waals surface area contributed by atoms with Crippen LogP contribution in [0, 0.1) is 0 Å². The van der Waals surface area contributed by atoms with Crippen molar-refractivity contribution in [2.45, 2.75) is 19.3 Å². The first-order valence-electron chi connectivity index (χ1n) is 8.21. The molecular weight excluding hydrogens is 300 g/mol. The molecule has 0 amide bonds. The lowest BCUT2D eigenvalue weighted by Gasteiger charge is -2.03. The van der Waals surface area contributed by atoms with Gasteiger partial charge in [-0.1, -0.05) is 42.5 Å². The summed E-state index contributed by atoms with van der Waals surface area (Å²) >= 11 is 0. The van der Waals surface area contributed by atoms with Gasteiger partial charge < -0.3 is 9.47 Å². The van der Waals surface area contributed by atoms with E-state index >= 15 is 0 Å². The van der Waals surface area contributed by atoms with Crippen molar-refractivity contribution in [1.82, 2.24) is 0 Å². The van der Waals surface area contributed by atoms with E-state index in [0.29, 0.717) is 5.56 Å². The predicted octanol–water partition coefficient (Wildman–Crippen LogP) is 4.88. The molecule has 24 heavy (non-hydrogen) atoms. The maximum Gasteiger partial charge on any atom is 0.231 e. The molecule has 0 saturated heterocycles. The van der Waals surface area contributed by atoms with Crippen LogP contribution in [0.5, 0.6) is 11.5 Å². The highest BCUT2D eigenvalue weighted by Gasteiger charge is 2.12. The minimum Gasteiger partial charge on any atom is -0.454 e. The Morgan fingerprint density at radius 1 is 1.00 bits per heavy atom. The Balaban J connectivity index is 1.47. The number of ketones is 1. The third kappa shape index (κ3) is 2.98. The van der Waals surface area contributed by atoms with Gasteiger partial charge in [0.2, 0.25) is 6.79 Å². The maximum absolute atomic E-state index is 12.3. The van der Waals surface area contributed by atoms with Crippen molar-refractivity contribution in [1.29, 1.82) is 0 Å². The van der Waals surface area contributed by atoms with Gasteiger partial charge in [-0.15, -0.1) is 0 Å². The lowest BCUT2D eigenvalue weighted by molar-refractivity contribution is 0.104. The molecule has 0 atom stereocenters. The average Bonchev–Trinajstić information content (AvgIpc) is 3.31. The molecule has 0 aromatic heterocycles. The van der Waals surface area contributed by atoms with Gasteiger partial charge in [-0.3, -0.25) is 4.79 Å². The molecule has 1 aliphatic carbocycles. The zero-order valence-electron chi connectivity index (χ0n) is 13.3. The number of hydrogen-bond donors (Lipinski definition) is 0. The topological polar surface area (TPSA) is 35.5 Å². The summed E-state index contributed by atoms with van der Waals surface area (Å²) in [6.45, 7) is 0.254. The van der Waals surface area contributed by atoms with E-state index < -0.39 is 0 Å². The molecule has 3 nitrogen and oxygen atoms in total. The number of benzene rings is 2. The van der Waals surface area contributed by atoms with Crippen molar-refractivity contribution in [3.8, 4) is 11.5 Å². The number of hydrogen-bond acceptors (Lipinski definition) is 3. The van der Waals surface area contributed by atoms with E-state index in [1.54, 1.807) is 12.2 Å². The number of allylic oxidation sites excluding steroid dienone is 3. The van der Waals surface area contributed by atoms with Crippen LogP contribution in [0.25, 0.3) is 11.6 Å². The van der Waals surface area contributed by atoms with Gasteiger partial charge in [-0.2, -0.15) is 0 Å². The fourth-order valence-electron chi connectivity index (χ4n) is 3.07. The summed E-state index contributed by atoms with van der Waals surface area (Å²) in [4.78, 5) is 12.3. The smallest absolute Gasteiger partial charge is 0.231 e. The first-order chi connectivity index (χ1) is 11.8. The number of carbonyl (C=O) groups is 1. The summed E-state index contributed by atoms with van der Waals surface area (Å²) in [6.07, 6.45) is 9.22. The second-order valence-corrected chi connectivity index (χ2v) is 6.01. The molecular formula is C21H18O3. The fraction of sp³-hybridized carbons (Fsp3) is 0.190. The quantitative estimate of drug-likeness (QED) is 0.595. The normalized spacial score (nSPS) is 15.8. The van der Waals surface area contributed by atoms with Crippen molar-refractivity contribution in [2.75, 3.05) is 6.79 Å². The zero-order valence-corrected chi connectivity index (χ0v) is 13.3. The molecule has 0 unspecified atom stereocenters. The van der Waals surface area contributed by atoms with Crippen LogP contribution in [-0.4, -0.2) is 12.6 Å². The first-order valence-corrected chi connectivity index (χ1v) is 8.21. The van der Waals surface area contributed by atoms with Gasteiger partial charge in [-0.05, 0) is 54.2 Å². The van der Waals surface area contributed by atoms with Crippen molar-refractivity contribution < 1.29 is 14.3 Å². The Labute approximate surface area is 141 Å². The largest absolute Gasteiger partial charge is 0.454 e. The molecule has 0 bridgehead atoms.